The molecule has 0 aromatic rings. The third-order valence-electron chi connectivity index (χ3n) is 2.76. The van der Waals surface area contributed by atoms with Crippen molar-refractivity contribution >= 4 is 0 Å². The normalized spacial score (nSPS) is 39.0. The lowest BCUT2D eigenvalue weighted by atomic mass is 9.89. The van der Waals surface area contributed by atoms with Gasteiger partial charge in [-0.25, -0.2) is 0 Å². The van der Waals surface area contributed by atoms with Gasteiger partial charge in [-0.1, -0.05) is 20.8 Å². The lowest BCUT2D eigenvalue weighted by Crippen LogP contribution is -2.36. The maximum Gasteiger partial charge on any atom is 0.108 e. The van der Waals surface area contributed by atoms with Crippen LogP contribution in [0.1, 0.15) is 20.8 Å². The van der Waals surface area contributed by atoms with Gasteiger partial charge in [0, 0.05) is 0 Å². The van der Waals surface area contributed by atoms with Gasteiger partial charge in [-0.3, -0.25) is 0 Å². The highest BCUT2D eigenvalue weighted by Gasteiger charge is 2.38. The van der Waals surface area contributed by atoms with Crippen LogP contribution < -0.4 is 0 Å². The predicted molar refractivity (Wildman–Crippen MR) is 45.8 cm³/mol. The van der Waals surface area contributed by atoms with E-state index < -0.39 is 12.2 Å². The highest BCUT2D eigenvalue weighted by atomic mass is 16.5. The number of hydrogen-bond donors (Lipinski definition) is 2. The SMILES string of the molecule is CC(C)C(C)C1OCC(O)C1O. The lowest BCUT2D eigenvalue weighted by molar-refractivity contribution is -0.0154. The van der Waals surface area contributed by atoms with Gasteiger partial charge in [0.15, 0.2) is 0 Å². The number of aliphatic hydroxyl groups excluding tert-OH is 2. The third-order valence-corrected chi connectivity index (χ3v) is 2.76. The summed E-state index contributed by atoms with van der Waals surface area (Å²) in [6.45, 7) is 6.48. The molecule has 12 heavy (non-hydrogen) atoms. The van der Waals surface area contributed by atoms with Crippen LogP contribution in [0, 0.1) is 11.8 Å². The van der Waals surface area contributed by atoms with Crippen molar-refractivity contribution in [1.82, 2.24) is 0 Å². The van der Waals surface area contributed by atoms with Gasteiger partial charge in [-0.05, 0) is 11.8 Å². The Morgan fingerprint density at radius 1 is 1.25 bits per heavy atom. The molecular formula is C9H18O3. The van der Waals surface area contributed by atoms with E-state index >= 15 is 0 Å². The second-order valence-electron chi connectivity index (χ2n) is 3.96. The van der Waals surface area contributed by atoms with Crippen molar-refractivity contribution in [3.05, 3.63) is 0 Å². The first kappa shape index (κ1) is 9.96. The standard InChI is InChI=1S/C9H18O3/c1-5(2)6(3)9-8(11)7(10)4-12-9/h5-11H,4H2,1-3H3. The van der Waals surface area contributed by atoms with Gasteiger partial charge in [-0.2, -0.15) is 0 Å². The van der Waals surface area contributed by atoms with Crippen LogP contribution in [0.2, 0.25) is 0 Å². The van der Waals surface area contributed by atoms with E-state index in [9.17, 15) is 10.2 Å². The minimum absolute atomic E-state index is 0.194. The number of rotatable bonds is 2. The summed E-state index contributed by atoms with van der Waals surface area (Å²) in [6.07, 6.45) is -1.60. The fourth-order valence-electron chi connectivity index (χ4n) is 1.47. The van der Waals surface area contributed by atoms with Gasteiger partial charge in [-0.15, -0.1) is 0 Å². The van der Waals surface area contributed by atoms with Crippen LogP contribution in [-0.4, -0.2) is 35.1 Å². The van der Waals surface area contributed by atoms with Crippen molar-refractivity contribution in [1.29, 1.82) is 0 Å². The highest BCUT2D eigenvalue weighted by molar-refractivity contribution is 4.87. The van der Waals surface area contributed by atoms with E-state index in [0.717, 1.165) is 0 Å². The van der Waals surface area contributed by atoms with E-state index in [1.54, 1.807) is 0 Å². The summed E-state index contributed by atoms with van der Waals surface area (Å²) in [6, 6.07) is 0. The van der Waals surface area contributed by atoms with Gasteiger partial charge in [0.2, 0.25) is 0 Å². The number of hydrogen-bond acceptors (Lipinski definition) is 3. The van der Waals surface area contributed by atoms with E-state index in [1.165, 1.54) is 0 Å². The van der Waals surface area contributed by atoms with Crippen LogP contribution in [0.5, 0.6) is 0 Å². The molecule has 4 unspecified atom stereocenters. The smallest absolute Gasteiger partial charge is 0.108 e. The molecule has 4 atom stereocenters. The van der Waals surface area contributed by atoms with Gasteiger partial charge in [0.25, 0.3) is 0 Å². The van der Waals surface area contributed by atoms with Gasteiger partial charge < -0.3 is 14.9 Å². The third kappa shape index (κ3) is 1.79. The van der Waals surface area contributed by atoms with Crippen LogP contribution in [0.25, 0.3) is 0 Å². The fraction of sp³-hybridized carbons (Fsp3) is 1.00. The molecule has 0 bridgehead atoms. The van der Waals surface area contributed by atoms with E-state index in [2.05, 4.69) is 13.8 Å². The quantitative estimate of drug-likeness (QED) is 0.637. The van der Waals surface area contributed by atoms with Gasteiger partial charge in [0.1, 0.15) is 12.2 Å². The Balaban J connectivity index is 2.53. The molecule has 1 aliphatic heterocycles. The molecular weight excluding hydrogens is 156 g/mol. The Hall–Kier alpha value is -0.120. The van der Waals surface area contributed by atoms with Crippen LogP contribution in [0.4, 0.5) is 0 Å². The Bertz CT molecular complexity index is 147. The van der Waals surface area contributed by atoms with Crippen molar-refractivity contribution in [2.45, 2.75) is 39.1 Å². The molecule has 1 saturated heterocycles. The van der Waals surface area contributed by atoms with E-state index in [1.807, 2.05) is 6.92 Å². The average Bonchev–Trinajstić information content (AvgIpc) is 2.32. The van der Waals surface area contributed by atoms with Crippen molar-refractivity contribution in [3.8, 4) is 0 Å². The summed E-state index contributed by atoms with van der Waals surface area (Å²) in [4.78, 5) is 0. The second-order valence-corrected chi connectivity index (χ2v) is 3.96. The first-order chi connectivity index (χ1) is 5.54. The zero-order valence-corrected chi connectivity index (χ0v) is 7.90. The molecule has 3 nitrogen and oxygen atoms in total. The van der Waals surface area contributed by atoms with Crippen molar-refractivity contribution in [2.24, 2.45) is 11.8 Å². The molecule has 0 amide bonds. The summed E-state index contributed by atoms with van der Waals surface area (Å²) < 4.78 is 5.30. The number of aliphatic hydroxyl groups is 2. The minimum Gasteiger partial charge on any atom is -0.388 e. The monoisotopic (exact) mass is 174 g/mol. The molecule has 0 radical (unpaired) electrons. The molecule has 72 valence electrons. The van der Waals surface area contributed by atoms with Crippen LogP contribution in [0.15, 0.2) is 0 Å². The zero-order valence-electron chi connectivity index (χ0n) is 7.90. The summed E-state index contributed by atoms with van der Waals surface area (Å²) >= 11 is 0. The van der Waals surface area contributed by atoms with Crippen molar-refractivity contribution < 1.29 is 14.9 Å². The Morgan fingerprint density at radius 2 is 1.83 bits per heavy atom. The zero-order chi connectivity index (χ0) is 9.30. The molecule has 1 fully saturated rings. The maximum absolute atomic E-state index is 9.50. The van der Waals surface area contributed by atoms with Crippen LogP contribution in [-0.2, 0) is 4.74 Å². The lowest BCUT2D eigenvalue weighted by Gasteiger charge is -2.24. The van der Waals surface area contributed by atoms with E-state index in [0.29, 0.717) is 5.92 Å². The molecule has 1 aliphatic rings. The van der Waals surface area contributed by atoms with Crippen molar-refractivity contribution in [2.75, 3.05) is 6.61 Å². The predicted octanol–water partition coefficient (Wildman–Crippen LogP) is 0.399. The summed E-state index contributed by atoms with van der Waals surface area (Å²) in [7, 11) is 0. The molecule has 3 heteroatoms. The van der Waals surface area contributed by atoms with Gasteiger partial charge in [0.05, 0.1) is 12.7 Å². The van der Waals surface area contributed by atoms with E-state index in [-0.39, 0.29) is 18.6 Å². The Morgan fingerprint density at radius 3 is 2.17 bits per heavy atom. The molecule has 1 heterocycles. The first-order valence-corrected chi connectivity index (χ1v) is 4.51. The molecule has 0 spiro atoms. The summed E-state index contributed by atoms with van der Waals surface area (Å²) in [5.41, 5.74) is 0. The molecule has 2 N–H and O–H groups in total. The van der Waals surface area contributed by atoms with Crippen LogP contribution >= 0.6 is 0 Å². The average molecular weight is 174 g/mol. The summed E-state index contributed by atoms with van der Waals surface area (Å²) in [5.74, 6) is 0.757. The summed E-state index contributed by atoms with van der Waals surface area (Å²) in [5, 5.41) is 18.7. The van der Waals surface area contributed by atoms with Crippen molar-refractivity contribution in [3.63, 3.8) is 0 Å². The van der Waals surface area contributed by atoms with Gasteiger partial charge >= 0.3 is 0 Å². The highest BCUT2D eigenvalue weighted by Crippen LogP contribution is 2.26. The Labute approximate surface area is 73.4 Å². The molecule has 0 aliphatic carbocycles. The second kappa shape index (κ2) is 3.73. The van der Waals surface area contributed by atoms with E-state index in [4.69, 9.17) is 4.74 Å². The molecule has 1 rings (SSSR count). The minimum atomic E-state index is -0.706. The molecule has 0 saturated carbocycles. The number of ether oxygens (including phenoxy) is 1. The largest absolute Gasteiger partial charge is 0.388 e. The maximum atomic E-state index is 9.50. The topological polar surface area (TPSA) is 49.7 Å². The van der Waals surface area contributed by atoms with Crippen LogP contribution in [0.3, 0.4) is 0 Å². The molecule has 0 aromatic carbocycles. The molecule has 0 aromatic heterocycles. The fourth-order valence-corrected chi connectivity index (χ4v) is 1.47. The first-order valence-electron chi connectivity index (χ1n) is 4.51. The Kier molecular flexibility index (Phi) is 3.09.